The first-order valence-corrected chi connectivity index (χ1v) is 6.58. The van der Waals surface area contributed by atoms with Crippen LogP contribution in [0.25, 0.3) is 0 Å². The van der Waals surface area contributed by atoms with E-state index in [2.05, 4.69) is 4.90 Å². The third kappa shape index (κ3) is 4.65. The summed E-state index contributed by atoms with van der Waals surface area (Å²) in [5.41, 5.74) is 0.954. The van der Waals surface area contributed by atoms with Crippen molar-refractivity contribution >= 4 is 23.2 Å². The summed E-state index contributed by atoms with van der Waals surface area (Å²) in [6.07, 6.45) is 0.445. The molecule has 1 rings (SSSR count). The molecule has 0 aliphatic heterocycles. The Bertz CT molecular complexity index is 397. The van der Waals surface area contributed by atoms with Crippen molar-refractivity contribution < 1.29 is 9.84 Å². The van der Waals surface area contributed by atoms with Gasteiger partial charge in [0, 0.05) is 24.2 Å². The predicted molar refractivity (Wildman–Crippen MR) is 75.6 cm³/mol. The van der Waals surface area contributed by atoms with E-state index >= 15 is 0 Å². The number of rotatable bonds is 6. The van der Waals surface area contributed by atoms with Gasteiger partial charge in [-0.1, -0.05) is 23.2 Å². The van der Waals surface area contributed by atoms with Gasteiger partial charge in [-0.05, 0) is 32.0 Å². The van der Waals surface area contributed by atoms with Crippen molar-refractivity contribution in [3.63, 3.8) is 0 Å². The van der Waals surface area contributed by atoms with Gasteiger partial charge in [-0.2, -0.15) is 0 Å². The number of methoxy groups -OCH3 is 1. The standard InChI is InChI=1S/C13H19Cl2NO2/c1-9(17)4-5-16(2)8-10-6-12(15)13(18-3)7-11(10)14/h6-7,9,17H,4-5,8H2,1-3H3. The maximum absolute atomic E-state index is 9.24. The lowest BCUT2D eigenvalue weighted by Crippen LogP contribution is -2.22. The molecule has 1 aromatic carbocycles. The van der Waals surface area contributed by atoms with Crippen LogP contribution in [0.3, 0.4) is 0 Å². The normalized spacial score (nSPS) is 12.8. The highest BCUT2D eigenvalue weighted by Crippen LogP contribution is 2.31. The zero-order valence-electron chi connectivity index (χ0n) is 10.9. The molecule has 0 bridgehead atoms. The molecule has 5 heteroatoms. The maximum Gasteiger partial charge on any atom is 0.138 e. The van der Waals surface area contributed by atoms with Gasteiger partial charge in [0.05, 0.1) is 18.2 Å². The van der Waals surface area contributed by atoms with Gasteiger partial charge in [-0.15, -0.1) is 0 Å². The largest absolute Gasteiger partial charge is 0.495 e. The summed E-state index contributed by atoms with van der Waals surface area (Å²) in [7, 11) is 3.54. The fraction of sp³-hybridized carbons (Fsp3) is 0.538. The van der Waals surface area contributed by atoms with Crippen LogP contribution < -0.4 is 4.74 Å². The first-order valence-electron chi connectivity index (χ1n) is 5.82. The summed E-state index contributed by atoms with van der Waals surface area (Å²) in [5, 5.41) is 10.4. The first kappa shape index (κ1) is 15.6. The molecule has 3 nitrogen and oxygen atoms in total. The average molecular weight is 292 g/mol. The molecule has 1 atom stereocenters. The Morgan fingerprint density at radius 3 is 2.56 bits per heavy atom. The molecule has 0 heterocycles. The van der Waals surface area contributed by atoms with Crippen LogP contribution in [0.4, 0.5) is 0 Å². The van der Waals surface area contributed by atoms with Crippen LogP contribution in [-0.4, -0.2) is 36.8 Å². The van der Waals surface area contributed by atoms with Gasteiger partial charge in [-0.3, -0.25) is 0 Å². The molecule has 1 unspecified atom stereocenters. The van der Waals surface area contributed by atoms with E-state index in [4.69, 9.17) is 27.9 Å². The minimum Gasteiger partial charge on any atom is -0.495 e. The van der Waals surface area contributed by atoms with Crippen LogP contribution in [0.1, 0.15) is 18.9 Å². The Morgan fingerprint density at radius 2 is 2.00 bits per heavy atom. The number of hydrogen-bond acceptors (Lipinski definition) is 3. The predicted octanol–water partition coefficient (Wildman–Crippen LogP) is 3.20. The minimum absolute atomic E-state index is 0.289. The smallest absolute Gasteiger partial charge is 0.138 e. The summed E-state index contributed by atoms with van der Waals surface area (Å²) in [4.78, 5) is 2.09. The number of hydrogen-bond donors (Lipinski definition) is 1. The van der Waals surface area contributed by atoms with Gasteiger partial charge in [0.15, 0.2) is 0 Å². The van der Waals surface area contributed by atoms with E-state index in [-0.39, 0.29) is 6.10 Å². The summed E-state index contributed by atoms with van der Waals surface area (Å²) in [5.74, 6) is 0.581. The summed E-state index contributed by atoms with van der Waals surface area (Å²) in [6, 6.07) is 3.54. The molecule has 0 saturated heterocycles. The highest BCUT2D eigenvalue weighted by molar-refractivity contribution is 6.34. The Morgan fingerprint density at radius 1 is 1.33 bits per heavy atom. The lowest BCUT2D eigenvalue weighted by atomic mass is 10.2. The van der Waals surface area contributed by atoms with Crippen LogP contribution in [0.15, 0.2) is 12.1 Å². The Kier molecular flexibility index (Phi) is 6.22. The Hall–Kier alpha value is -0.480. The molecular formula is C13H19Cl2NO2. The summed E-state index contributed by atoms with van der Waals surface area (Å²) < 4.78 is 5.10. The highest BCUT2D eigenvalue weighted by Gasteiger charge is 2.10. The van der Waals surface area contributed by atoms with Gasteiger partial charge in [0.25, 0.3) is 0 Å². The number of nitrogens with zero attached hydrogens (tertiary/aromatic N) is 1. The van der Waals surface area contributed by atoms with Crippen molar-refractivity contribution in [3.8, 4) is 5.75 Å². The molecule has 0 saturated carbocycles. The van der Waals surface area contributed by atoms with Crippen molar-refractivity contribution in [2.75, 3.05) is 20.7 Å². The molecule has 0 aliphatic rings. The van der Waals surface area contributed by atoms with E-state index in [9.17, 15) is 5.11 Å². The van der Waals surface area contributed by atoms with Gasteiger partial charge in [-0.25, -0.2) is 0 Å². The van der Waals surface area contributed by atoms with Crippen molar-refractivity contribution in [1.82, 2.24) is 4.90 Å². The average Bonchev–Trinajstić information content (AvgIpc) is 2.30. The molecule has 0 radical (unpaired) electrons. The van der Waals surface area contributed by atoms with E-state index in [0.29, 0.717) is 22.3 Å². The molecule has 102 valence electrons. The summed E-state index contributed by atoms with van der Waals surface area (Å²) in [6.45, 7) is 3.28. The minimum atomic E-state index is -0.289. The molecule has 0 fully saturated rings. The van der Waals surface area contributed by atoms with Crippen LogP contribution in [0.5, 0.6) is 5.75 Å². The van der Waals surface area contributed by atoms with E-state index in [1.807, 2.05) is 13.1 Å². The van der Waals surface area contributed by atoms with Crippen LogP contribution in [0, 0.1) is 0 Å². The number of halogens is 2. The number of benzene rings is 1. The van der Waals surface area contributed by atoms with Crippen LogP contribution >= 0.6 is 23.2 Å². The molecule has 1 aromatic rings. The molecular weight excluding hydrogens is 273 g/mol. The van der Waals surface area contributed by atoms with Crippen LogP contribution in [-0.2, 0) is 6.54 Å². The lowest BCUT2D eigenvalue weighted by molar-refractivity contribution is 0.163. The third-order valence-corrected chi connectivity index (χ3v) is 3.34. The SMILES string of the molecule is COc1cc(Cl)c(CN(C)CCC(C)O)cc1Cl. The number of ether oxygens (including phenoxy) is 1. The fourth-order valence-electron chi connectivity index (χ4n) is 1.62. The zero-order chi connectivity index (χ0) is 13.7. The molecule has 0 aliphatic carbocycles. The quantitative estimate of drug-likeness (QED) is 0.874. The Labute approximate surface area is 118 Å². The number of aliphatic hydroxyl groups is 1. The second kappa shape index (κ2) is 7.19. The van der Waals surface area contributed by atoms with Crippen molar-refractivity contribution in [2.45, 2.75) is 26.0 Å². The molecule has 1 N–H and O–H groups in total. The van der Waals surface area contributed by atoms with E-state index in [1.165, 1.54) is 0 Å². The second-order valence-corrected chi connectivity index (χ2v) is 5.27. The number of aliphatic hydroxyl groups excluding tert-OH is 1. The van der Waals surface area contributed by atoms with Gasteiger partial charge in [0.2, 0.25) is 0 Å². The monoisotopic (exact) mass is 291 g/mol. The van der Waals surface area contributed by atoms with E-state index in [0.717, 1.165) is 18.5 Å². The van der Waals surface area contributed by atoms with Crippen molar-refractivity contribution in [2.24, 2.45) is 0 Å². The summed E-state index contributed by atoms with van der Waals surface area (Å²) >= 11 is 12.2. The van der Waals surface area contributed by atoms with Crippen LogP contribution in [0.2, 0.25) is 10.0 Å². The molecule has 0 spiro atoms. The third-order valence-electron chi connectivity index (χ3n) is 2.69. The first-order chi connectivity index (χ1) is 8.43. The fourth-order valence-corrected chi connectivity index (χ4v) is 2.10. The van der Waals surface area contributed by atoms with Gasteiger partial charge in [0.1, 0.15) is 5.75 Å². The second-order valence-electron chi connectivity index (χ2n) is 4.45. The molecule has 18 heavy (non-hydrogen) atoms. The molecule has 0 aromatic heterocycles. The lowest BCUT2D eigenvalue weighted by Gasteiger charge is -2.19. The van der Waals surface area contributed by atoms with E-state index in [1.54, 1.807) is 20.1 Å². The van der Waals surface area contributed by atoms with E-state index < -0.39 is 0 Å². The van der Waals surface area contributed by atoms with Gasteiger partial charge < -0.3 is 14.7 Å². The Balaban J connectivity index is 2.69. The zero-order valence-corrected chi connectivity index (χ0v) is 12.4. The van der Waals surface area contributed by atoms with Gasteiger partial charge >= 0.3 is 0 Å². The van der Waals surface area contributed by atoms with Crippen molar-refractivity contribution in [1.29, 1.82) is 0 Å². The molecule has 0 amide bonds. The van der Waals surface area contributed by atoms with Crippen molar-refractivity contribution in [3.05, 3.63) is 27.7 Å². The maximum atomic E-state index is 9.24. The topological polar surface area (TPSA) is 32.7 Å². The highest BCUT2D eigenvalue weighted by atomic mass is 35.5.